The third kappa shape index (κ3) is 2.12. The van der Waals surface area contributed by atoms with Crippen LogP contribution in [-0.4, -0.2) is 14.5 Å². The largest absolute Gasteiger partial charge is 0.357 e. The number of nitrogens with zero attached hydrogens (tertiary/aromatic N) is 3. The van der Waals surface area contributed by atoms with Crippen molar-refractivity contribution in [1.29, 1.82) is 0 Å². The molecule has 0 unspecified atom stereocenters. The first-order valence-corrected chi connectivity index (χ1v) is 9.26. The van der Waals surface area contributed by atoms with Gasteiger partial charge in [0, 0.05) is 22.5 Å². The molecule has 3 aromatic heterocycles. The number of hydrogen-bond acceptors (Lipinski definition) is 1. The van der Waals surface area contributed by atoms with Crippen molar-refractivity contribution in [3.63, 3.8) is 0 Å². The van der Waals surface area contributed by atoms with Crippen molar-refractivity contribution in [3.05, 3.63) is 97.5 Å². The van der Waals surface area contributed by atoms with Crippen LogP contribution in [0.25, 0.3) is 44.3 Å². The molecule has 4 nitrogen and oxygen atoms in total. The van der Waals surface area contributed by atoms with Gasteiger partial charge < -0.3 is 4.98 Å². The minimum atomic E-state index is 0.848. The molecule has 132 valence electrons. The lowest BCUT2D eigenvalue weighted by molar-refractivity contribution is -0.571. The Balaban J connectivity index is 1.70. The van der Waals surface area contributed by atoms with Crippen LogP contribution in [0.1, 0.15) is 0 Å². The minimum absolute atomic E-state index is 0.848. The lowest BCUT2D eigenvalue weighted by Gasteiger charge is -2.05. The smallest absolute Gasteiger partial charge is 0.271 e. The van der Waals surface area contributed by atoms with Gasteiger partial charge in [0.1, 0.15) is 0 Å². The second-order valence-corrected chi connectivity index (χ2v) is 6.82. The summed E-state index contributed by atoms with van der Waals surface area (Å²) in [4.78, 5) is 8.11. The lowest BCUT2D eigenvalue weighted by Crippen LogP contribution is -2.30. The Morgan fingerprint density at radius 3 is 2.54 bits per heavy atom. The number of aromatic amines is 1. The van der Waals surface area contributed by atoms with Gasteiger partial charge in [-0.1, -0.05) is 60.7 Å². The normalized spacial score (nSPS) is 11.6. The van der Waals surface area contributed by atoms with Crippen molar-refractivity contribution >= 4 is 32.8 Å². The number of imidazole rings is 1. The molecule has 3 heterocycles. The maximum atomic E-state index is 4.51. The van der Waals surface area contributed by atoms with Gasteiger partial charge in [-0.15, -0.1) is 0 Å². The molecule has 0 fully saturated rings. The van der Waals surface area contributed by atoms with E-state index in [1.165, 1.54) is 10.8 Å². The highest BCUT2D eigenvalue weighted by molar-refractivity contribution is 6.09. The first-order chi connectivity index (χ1) is 13.9. The number of rotatable bonds is 2. The van der Waals surface area contributed by atoms with Gasteiger partial charge >= 0.3 is 0 Å². The fourth-order valence-electron chi connectivity index (χ4n) is 3.94. The molecule has 0 aliphatic rings. The maximum absolute atomic E-state index is 4.51. The molecule has 0 saturated carbocycles. The number of fused-ring (bicyclic) bond motifs is 4. The number of benzene rings is 3. The van der Waals surface area contributed by atoms with E-state index < -0.39 is 0 Å². The van der Waals surface area contributed by atoms with Gasteiger partial charge in [-0.3, -0.25) is 14.1 Å². The summed E-state index contributed by atoms with van der Waals surface area (Å²) in [6.45, 7) is 0. The quantitative estimate of drug-likeness (QED) is 0.352. The van der Waals surface area contributed by atoms with Crippen molar-refractivity contribution in [3.8, 4) is 11.5 Å². The predicted molar refractivity (Wildman–Crippen MR) is 111 cm³/mol. The van der Waals surface area contributed by atoms with Crippen molar-refractivity contribution < 1.29 is 4.57 Å². The highest BCUT2D eigenvalue weighted by atomic mass is 15.2. The average Bonchev–Trinajstić information content (AvgIpc) is 3.33. The van der Waals surface area contributed by atoms with E-state index in [4.69, 9.17) is 0 Å². The average molecular weight is 360 g/mol. The first kappa shape index (κ1) is 15.2. The summed E-state index contributed by atoms with van der Waals surface area (Å²) >= 11 is 0. The predicted octanol–water partition coefficient (Wildman–Crippen LogP) is 4.74. The zero-order valence-corrected chi connectivity index (χ0v) is 15.0. The molecule has 0 saturated heterocycles. The summed E-state index contributed by atoms with van der Waals surface area (Å²) in [5, 5.41) is 2.44. The van der Waals surface area contributed by atoms with E-state index >= 15 is 0 Å². The van der Waals surface area contributed by atoms with Crippen LogP contribution in [0.5, 0.6) is 0 Å². The molecular formula is C24H16N4. The molecule has 6 rings (SSSR count). The van der Waals surface area contributed by atoms with Crippen LogP contribution in [0.3, 0.4) is 0 Å². The Hall–Kier alpha value is -3.92. The molecule has 0 bridgehead atoms. The summed E-state index contributed by atoms with van der Waals surface area (Å²) < 4.78 is 4.12. The molecule has 1 N–H and O–H groups in total. The van der Waals surface area contributed by atoms with E-state index in [0.29, 0.717) is 0 Å². The SMILES string of the molecule is [c-]1n(-c2ccccn2)c2ccccc2[n+]1-c1cccc2c1[nH]c1ccccc12. The van der Waals surface area contributed by atoms with Crippen LogP contribution < -0.4 is 4.57 Å². The van der Waals surface area contributed by atoms with Crippen LogP contribution in [-0.2, 0) is 0 Å². The summed E-state index contributed by atoms with van der Waals surface area (Å²) in [5.41, 5.74) is 5.46. The van der Waals surface area contributed by atoms with E-state index in [1.807, 2.05) is 28.8 Å². The van der Waals surface area contributed by atoms with Gasteiger partial charge in [0.15, 0.2) is 5.82 Å². The molecule has 4 heteroatoms. The number of hydrogen-bond donors (Lipinski definition) is 1. The Morgan fingerprint density at radius 2 is 1.61 bits per heavy atom. The molecule has 0 atom stereocenters. The number of H-pyrrole nitrogens is 1. The minimum Gasteiger partial charge on any atom is -0.357 e. The number of pyridine rings is 1. The fourth-order valence-corrected chi connectivity index (χ4v) is 3.94. The molecule has 0 spiro atoms. The van der Waals surface area contributed by atoms with Crippen molar-refractivity contribution in [2.75, 3.05) is 0 Å². The van der Waals surface area contributed by atoms with Gasteiger partial charge in [-0.25, -0.2) is 0 Å². The van der Waals surface area contributed by atoms with Gasteiger partial charge in [-0.05, 0) is 24.3 Å². The zero-order valence-electron chi connectivity index (χ0n) is 15.0. The molecule has 0 radical (unpaired) electrons. The van der Waals surface area contributed by atoms with Crippen molar-refractivity contribution in [2.45, 2.75) is 0 Å². The Labute approximate surface area is 161 Å². The first-order valence-electron chi connectivity index (χ1n) is 9.26. The van der Waals surface area contributed by atoms with E-state index in [9.17, 15) is 0 Å². The number of aromatic nitrogens is 4. The molecule has 0 aliphatic heterocycles. The number of para-hydroxylation sites is 4. The van der Waals surface area contributed by atoms with Gasteiger partial charge in [-0.2, -0.15) is 0 Å². The third-order valence-electron chi connectivity index (χ3n) is 5.20. The molecule has 6 aromatic rings. The van der Waals surface area contributed by atoms with Crippen molar-refractivity contribution in [2.24, 2.45) is 0 Å². The van der Waals surface area contributed by atoms with E-state index in [0.717, 1.165) is 33.6 Å². The van der Waals surface area contributed by atoms with Crippen LogP contribution >= 0.6 is 0 Å². The molecule has 3 aromatic carbocycles. The second-order valence-electron chi connectivity index (χ2n) is 6.82. The van der Waals surface area contributed by atoms with Crippen LogP contribution in [0, 0.1) is 6.33 Å². The number of nitrogens with one attached hydrogen (secondary N) is 1. The second kappa shape index (κ2) is 5.79. The van der Waals surface area contributed by atoms with Crippen LogP contribution in [0.4, 0.5) is 0 Å². The summed E-state index contributed by atoms with van der Waals surface area (Å²) in [6.07, 6.45) is 5.32. The highest BCUT2D eigenvalue weighted by Crippen LogP contribution is 2.28. The monoisotopic (exact) mass is 360 g/mol. The van der Waals surface area contributed by atoms with Crippen LogP contribution in [0.15, 0.2) is 91.1 Å². The Kier molecular flexibility index (Phi) is 3.14. The molecule has 0 amide bonds. The van der Waals surface area contributed by atoms with E-state index in [2.05, 4.69) is 81.5 Å². The summed E-state index contributed by atoms with van der Waals surface area (Å²) in [5.74, 6) is 0.848. The van der Waals surface area contributed by atoms with E-state index in [-0.39, 0.29) is 0 Å². The molecule has 0 aliphatic carbocycles. The summed E-state index contributed by atoms with van der Waals surface area (Å²) in [6, 6.07) is 29.0. The standard InChI is InChI=1S/C24H16N4/c1-2-10-19-17(8-1)18-9-7-13-22(24(18)26-19)27-16-28(23-14-5-6-15-25-23)21-12-4-3-11-20(21)27/h1-15,26H. The Morgan fingerprint density at radius 1 is 0.786 bits per heavy atom. The third-order valence-corrected chi connectivity index (χ3v) is 5.20. The molecule has 28 heavy (non-hydrogen) atoms. The lowest BCUT2D eigenvalue weighted by atomic mass is 10.1. The fraction of sp³-hybridized carbons (Fsp3) is 0. The molecular weight excluding hydrogens is 344 g/mol. The highest BCUT2D eigenvalue weighted by Gasteiger charge is 2.15. The summed E-state index contributed by atoms with van der Waals surface area (Å²) in [7, 11) is 0. The topological polar surface area (TPSA) is 37.5 Å². The zero-order chi connectivity index (χ0) is 18.5. The van der Waals surface area contributed by atoms with Gasteiger partial charge in [0.25, 0.3) is 6.33 Å². The van der Waals surface area contributed by atoms with Gasteiger partial charge in [0.05, 0.1) is 22.2 Å². The Bertz CT molecular complexity index is 1460. The van der Waals surface area contributed by atoms with E-state index in [1.54, 1.807) is 6.20 Å². The van der Waals surface area contributed by atoms with Crippen LogP contribution in [0.2, 0.25) is 0 Å². The van der Waals surface area contributed by atoms with Gasteiger partial charge in [0.2, 0.25) is 0 Å². The van der Waals surface area contributed by atoms with Crippen molar-refractivity contribution in [1.82, 2.24) is 14.5 Å². The maximum Gasteiger partial charge on any atom is 0.271 e.